The normalized spacial score (nSPS) is 15.4. The van der Waals surface area contributed by atoms with E-state index in [9.17, 15) is 0 Å². The molecule has 0 spiro atoms. The van der Waals surface area contributed by atoms with E-state index in [1.54, 1.807) is 0 Å². The van der Waals surface area contributed by atoms with E-state index >= 15 is 0 Å². The van der Waals surface area contributed by atoms with E-state index in [0.29, 0.717) is 0 Å². The Morgan fingerprint density at radius 3 is 2.79 bits per heavy atom. The maximum absolute atomic E-state index is 6.18. The summed E-state index contributed by atoms with van der Waals surface area (Å²) in [6.07, 6.45) is 4.05. The van der Waals surface area contributed by atoms with Gasteiger partial charge in [0, 0.05) is 32.2 Å². The predicted molar refractivity (Wildman–Crippen MR) is 81.6 cm³/mol. The molecule has 1 fully saturated rings. The Morgan fingerprint density at radius 1 is 1.42 bits per heavy atom. The third-order valence-corrected chi connectivity index (χ3v) is 3.84. The van der Waals surface area contributed by atoms with Crippen molar-refractivity contribution >= 4 is 17.6 Å². The van der Waals surface area contributed by atoms with Crippen molar-refractivity contribution in [2.24, 2.45) is 10.9 Å². The van der Waals surface area contributed by atoms with Crippen LogP contribution in [0.25, 0.3) is 0 Å². The fourth-order valence-electron chi connectivity index (χ4n) is 2.14. The molecule has 19 heavy (non-hydrogen) atoms. The maximum Gasteiger partial charge on any atom is 0.193 e. The summed E-state index contributed by atoms with van der Waals surface area (Å²) in [5.74, 6) is 1.88. The predicted octanol–water partition coefficient (Wildman–Crippen LogP) is 3.15. The molecule has 4 heteroatoms. The minimum absolute atomic E-state index is 0.767. The molecule has 1 N–H and O–H groups in total. The van der Waals surface area contributed by atoms with Crippen molar-refractivity contribution in [1.29, 1.82) is 0 Å². The number of nitrogens with one attached hydrogen (secondary N) is 1. The van der Waals surface area contributed by atoms with Crippen LogP contribution in [0.1, 0.15) is 24.8 Å². The van der Waals surface area contributed by atoms with E-state index in [1.807, 2.05) is 32.3 Å². The molecule has 0 unspecified atom stereocenters. The highest BCUT2D eigenvalue weighted by molar-refractivity contribution is 6.31. The first-order chi connectivity index (χ1) is 9.20. The summed E-state index contributed by atoms with van der Waals surface area (Å²) in [6.45, 7) is 1.77. The lowest BCUT2D eigenvalue weighted by molar-refractivity contribution is 0.474. The van der Waals surface area contributed by atoms with Gasteiger partial charge in [0.15, 0.2) is 5.96 Å². The number of rotatable bonds is 5. The van der Waals surface area contributed by atoms with Gasteiger partial charge in [0.1, 0.15) is 0 Å². The summed E-state index contributed by atoms with van der Waals surface area (Å²) >= 11 is 6.18. The standard InChI is InChI=1S/C15H22ClN3/c1-17-15(18-10-9-12-7-8-12)19(2)11-13-5-3-4-6-14(13)16/h3-6,12H,7-11H2,1-2H3,(H,17,18). The van der Waals surface area contributed by atoms with Crippen LogP contribution in [0.15, 0.2) is 29.3 Å². The molecule has 0 aliphatic heterocycles. The van der Waals surface area contributed by atoms with Crippen molar-refractivity contribution in [3.05, 3.63) is 34.9 Å². The smallest absolute Gasteiger partial charge is 0.193 e. The largest absolute Gasteiger partial charge is 0.356 e. The van der Waals surface area contributed by atoms with Gasteiger partial charge in [-0.05, 0) is 24.0 Å². The molecule has 1 aliphatic rings. The van der Waals surface area contributed by atoms with Crippen molar-refractivity contribution in [3.63, 3.8) is 0 Å². The highest BCUT2D eigenvalue weighted by atomic mass is 35.5. The number of nitrogens with zero attached hydrogens (tertiary/aromatic N) is 2. The number of aliphatic imine (C=N–C) groups is 1. The quantitative estimate of drug-likeness (QED) is 0.662. The molecule has 0 aromatic heterocycles. The molecule has 104 valence electrons. The van der Waals surface area contributed by atoms with Gasteiger partial charge < -0.3 is 10.2 Å². The van der Waals surface area contributed by atoms with Gasteiger partial charge in [-0.2, -0.15) is 0 Å². The molecule has 0 atom stereocenters. The Kier molecular flexibility index (Phi) is 5.08. The Hall–Kier alpha value is -1.22. The van der Waals surface area contributed by atoms with E-state index in [4.69, 9.17) is 11.6 Å². The van der Waals surface area contributed by atoms with E-state index < -0.39 is 0 Å². The third-order valence-electron chi connectivity index (χ3n) is 3.47. The second kappa shape index (κ2) is 6.80. The molecule has 0 saturated heterocycles. The Balaban J connectivity index is 1.85. The minimum Gasteiger partial charge on any atom is -0.356 e. The van der Waals surface area contributed by atoms with E-state index in [0.717, 1.165) is 35.6 Å². The van der Waals surface area contributed by atoms with Crippen LogP contribution < -0.4 is 5.32 Å². The first-order valence-electron chi connectivity index (χ1n) is 6.86. The monoisotopic (exact) mass is 279 g/mol. The Bertz CT molecular complexity index is 441. The average Bonchev–Trinajstić information content (AvgIpc) is 3.21. The molecule has 1 saturated carbocycles. The summed E-state index contributed by atoms with van der Waals surface area (Å²) in [6, 6.07) is 7.94. The maximum atomic E-state index is 6.18. The molecule has 2 rings (SSSR count). The third kappa shape index (κ3) is 4.43. The Morgan fingerprint density at radius 2 is 2.16 bits per heavy atom. The number of halogens is 1. The topological polar surface area (TPSA) is 27.6 Å². The van der Waals surface area contributed by atoms with Gasteiger partial charge in [-0.25, -0.2) is 0 Å². The van der Waals surface area contributed by atoms with Crippen LogP contribution in [0.2, 0.25) is 5.02 Å². The van der Waals surface area contributed by atoms with Crippen molar-refractivity contribution in [1.82, 2.24) is 10.2 Å². The summed E-state index contributed by atoms with van der Waals surface area (Å²) in [5, 5.41) is 4.22. The highest BCUT2D eigenvalue weighted by Gasteiger charge is 2.20. The average molecular weight is 280 g/mol. The van der Waals surface area contributed by atoms with Gasteiger partial charge in [-0.3, -0.25) is 4.99 Å². The van der Waals surface area contributed by atoms with Gasteiger partial charge >= 0.3 is 0 Å². The number of hydrogen-bond acceptors (Lipinski definition) is 1. The van der Waals surface area contributed by atoms with Crippen LogP contribution in [0.4, 0.5) is 0 Å². The fraction of sp³-hybridized carbons (Fsp3) is 0.533. The summed E-state index contributed by atoms with van der Waals surface area (Å²) in [7, 11) is 3.86. The van der Waals surface area contributed by atoms with E-state index in [1.165, 1.54) is 19.3 Å². The van der Waals surface area contributed by atoms with Gasteiger partial charge in [-0.1, -0.05) is 42.6 Å². The SMILES string of the molecule is CN=C(NCCC1CC1)N(C)Cc1ccccc1Cl. The number of benzene rings is 1. The van der Waals surface area contributed by atoms with Crippen molar-refractivity contribution in [2.75, 3.05) is 20.6 Å². The molecule has 1 aromatic carbocycles. The van der Waals surface area contributed by atoms with Gasteiger partial charge in [0.2, 0.25) is 0 Å². The van der Waals surface area contributed by atoms with Crippen LogP contribution in [0, 0.1) is 5.92 Å². The lowest BCUT2D eigenvalue weighted by Gasteiger charge is -2.22. The van der Waals surface area contributed by atoms with Crippen LogP contribution in [0.3, 0.4) is 0 Å². The van der Waals surface area contributed by atoms with Crippen LogP contribution in [-0.4, -0.2) is 31.5 Å². The number of hydrogen-bond donors (Lipinski definition) is 1. The molecule has 0 radical (unpaired) electrons. The summed E-state index contributed by atoms with van der Waals surface area (Å²) in [5.41, 5.74) is 1.12. The van der Waals surface area contributed by atoms with Crippen molar-refractivity contribution in [3.8, 4) is 0 Å². The molecular weight excluding hydrogens is 258 g/mol. The summed E-state index contributed by atoms with van der Waals surface area (Å²) < 4.78 is 0. The van der Waals surface area contributed by atoms with Gasteiger partial charge in [0.05, 0.1) is 0 Å². The fourth-order valence-corrected chi connectivity index (χ4v) is 2.33. The molecule has 1 aromatic rings. The molecule has 3 nitrogen and oxygen atoms in total. The zero-order valence-electron chi connectivity index (χ0n) is 11.7. The molecule has 0 bridgehead atoms. The zero-order chi connectivity index (χ0) is 13.7. The highest BCUT2D eigenvalue weighted by Crippen LogP contribution is 2.31. The van der Waals surface area contributed by atoms with Gasteiger partial charge in [0.25, 0.3) is 0 Å². The molecule has 0 heterocycles. The van der Waals surface area contributed by atoms with E-state index in [-0.39, 0.29) is 0 Å². The van der Waals surface area contributed by atoms with E-state index in [2.05, 4.69) is 21.3 Å². The molecular formula is C15H22ClN3. The Labute approximate surface area is 120 Å². The van der Waals surface area contributed by atoms with Crippen molar-refractivity contribution < 1.29 is 0 Å². The van der Waals surface area contributed by atoms with Crippen LogP contribution in [-0.2, 0) is 6.54 Å². The van der Waals surface area contributed by atoms with Crippen LogP contribution in [0.5, 0.6) is 0 Å². The molecule has 1 aliphatic carbocycles. The number of guanidine groups is 1. The van der Waals surface area contributed by atoms with Crippen molar-refractivity contribution in [2.45, 2.75) is 25.8 Å². The lowest BCUT2D eigenvalue weighted by Crippen LogP contribution is -2.39. The summed E-state index contributed by atoms with van der Waals surface area (Å²) in [4.78, 5) is 6.42. The molecule has 0 amide bonds. The lowest BCUT2D eigenvalue weighted by atomic mass is 10.2. The second-order valence-corrected chi connectivity index (χ2v) is 5.56. The van der Waals surface area contributed by atoms with Crippen LogP contribution >= 0.6 is 11.6 Å². The second-order valence-electron chi connectivity index (χ2n) is 5.15. The first-order valence-corrected chi connectivity index (χ1v) is 7.23. The first kappa shape index (κ1) is 14.2. The minimum atomic E-state index is 0.767. The van der Waals surface area contributed by atoms with Gasteiger partial charge in [-0.15, -0.1) is 0 Å². The zero-order valence-corrected chi connectivity index (χ0v) is 12.5.